The summed E-state index contributed by atoms with van der Waals surface area (Å²) < 4.78 is 5.88. The average Bonchev–Trinajstić information content (AvgIpc) is 2.28. The van der Waals surface area contributed by atoms with Crippen LogP contribution in [0.4, 0.5) is 0 Å². The predicted molar refractivity (Wildman–Crippen MR) is 70.1 cm³/mol. The van der Waals surface area contributed by atoms with E-state index in [-0.39, 0.29) is 5.97 Å². The molecule has 17 heavy (non-hydrogen) atoms. The van der Waals surface area contributed by atoms with E-state index >= 15 is 0 Å². The van der Waals surface area contributed by atoms with Gasteiger partial charge in [-0.3, -0.25) is 4.98 Å². The summed E-state index contributed by atoms with van der Waals surface area (Å²) in [5, 5.41) is 0.933. The lowest BCUT2D eigenvalue weighted by Crippen LogP contribution is -2.05. The number of esters is 1. The number of benzene rings is 1. The third-order valence-corrected chi connectivity index (χ3v) is 2.89. The zero-order chi connectivity index (χ0) is 12.4. The Labute approximate surface area is 108 Å². The largest absolute Gasteiger partial charge is 0.462 e. The van der Waals surface area contributed by atoms with Crippen molar-refractivity contribution in [3.63, 3.8) is 0 Å². The molecule has 0 aliphatic rings. The van der Waals surface area contributed by atoms with Gasteiger partial charge in [0.15, 0.2) is 0 Å². The van der Waals surface area contributed by atoms with Crippen molar-refractivity contribution in [2.75, 3.05) is 6.61 Å². The quantitative estimate of drug-likeness (QED) is 0.796. The summed E-state index contributed by atoms with van der Waals surface area (Å²) in [6.45, 7) is 4.11. The monoisotopic (exact) mass is 293 g/mol. The van der Waals surface area contributed by atoms with Gasteiger partial charge in [0.05, 0.1) is 17.7 Å². The molecule has 1 aromatic heterocycles. The van der Waals surface area contributed by atoms with Crippen molar-refractivity contribution in [3.05, 3.63) is 40.0 Å². The third kappa shape index (κ3) is 2.47. The number of ether oxygens (including phenoxy) is 1. The Morgan fingerprint density at radius 3 is 2.88 bits per heavy atom. The van der Waals surface area contributed by atoms with Gasteiger partial charge in [-0.25, -0.2) is 4.79 Å². The van der Waals surface area contributed by atoms with E-state index in [0.29, 0.717) is 12.2 Å². The summed E-state index contributed by atoms with van der Waals surface area (Å²) in [6.07, 6.45) is 1.75. The highest BCUT2D eigenvalue weighted by molar-refractivity contribution is 9.10. The topological polar surface area (TPSA) is 39.2 Å². The van der Waals surface area contributed by atoms with Gasteiger partial charge in [0, 0.05) is 16.1 Å². The van der Waals surface area contributed by atoms with Crippen molar-refractivity contribution < 1.29 is 9.53 Å². The van der Waals surface area contributed by atoms with Crippen LogP contribution >= 0.6 is 15.9 Å². The molecule has 0 saturated carbocycles. The van der Waals surface area contributed by atoms with Crippen LogP contribution in [0.5, 0.6) is 0 Å². The van der Waals surface area contributed by atoms with Crippen molar-refractivity contribution in [1.82, 2.24) is 4.98 Å². The van der Waals surface area contributed by atoms with Crippen LogP contribution in [-0.4, -0.2) is 17.6 Å². The molecular formula is C13H12BrNO2. The van der Waals surface area contributed by atoms with Gasteiger partial charge in [0.1, 0.15) is 0 Å². The van der Waals surface area contributed by atoms with Crippen LogP contribution in [0, 0.1) is 6.92 Å². The molecule has 1 heterocycles. The van der Waals surface area contributed by atoms with Crippen molar-refractivity contribution in [2.45, 2.75) is 13.8 Å². The molecule has 0 unspecified atom stereocenters. The smallest absolute Gasteiger partial charge is 0.338 e. The normalized spacial score (nSPS) is 10.5. The van der Waals surface area contributed by atoms with E-state index in [1.165, 1.54) is 0 Å². The Morgan fingerprint density at radius 1 is 1.41 bits per heavy atom. The highest BCUT2D eigenvalue weighted by Crippen LogP contribution is 2.22. The van der Waals surface area contributed by atoms with Gasteiger partial charge in [-0.2, -0.15) is 0 Å². The molecule has 0 aliphatic heterocycles. The lowest BCUT2D eigenvalue weighted by Gasteiger charge is -2.06. The molecule has 0 atom stereocenters. The molecule has 0 amide bonds. The Balaban J connectivity index is 2.57. The first-order valence-corrected chi connectivity index (χ1v) is 6.14. The van der Waals surface area contributed by atoms with Crippen molar-refractivity contribution >= 4 is 32.8 Å². The number of nitrogens with zero attached hydrogens (tertiary/aromatic N) is 1. The highest BCUT2D eigenvalue weighted by atomic mass is 79.9. The SMILES string of the molecule is CCOC(=O)c1cc(C)c2ncc(Br)cc2c1. The fourth-order valence-corrected chi connectivity index (χ4v) is 2.09. The zero-order valence-electron chi connectivity index (χ0n) is 9.66. The second-order valence-electron chi connectivity index (χ2n) is 3.74. The van der Waals surface area contributed by atoms with Crippen LogP contribution in [0.25, 0.3) is 10.9 Å². The highest BCUT2D eigenvalue weighted by Gasteiger charge is 2.10. The van der Waals surface area contributed by atoms with Crippen LogP contribution in [0.3, 0.4) is 0 Å². The minimum Gasteiger partial charge on any atom is -0.462 e. The van der Waals surface area contributed by atoms with Crippen LogP contribution in [0.2, 0.25) is 0 Å². The zero-order valence-corrected chi connectivity index (χ0v) is 11.2. The van der Waals surface area contributed by atoms with Gasteiger partial charge in [0.25, 0.3) is 0 Å². The Bertz CT molecular complexity index is 581. The Kier molecular flexibility index (Phi) is 3.43. The van der Waals surface area contributed by atoms with Crippen LogP contribution < -0.4 is 0 Å². The molecule has 0 bridgehead atoms. The standard InChI is InChI=1S/C13H12BrNO2/c1-3-17-13(16)10-4-8(2)12-9(5-10)6-11(14)7-15-12/h4-7H,3H2,1-2H3. The maximum atomic E-state index is 11.7. The average molecular weight is 294 g/mol. The molecule has 4 heteroatoms. The minimum absolute atomic E-state index is 0.294. The Morgan fingerprint density at radius 2 is 2.18 bits per heavy atom. The molecule has 1 aromatic carbocycles. The van der Waals surface area contributed by atoms with E-state index in [0.717, 1.165) is 20.9 Å². The van der Waals surface area contributed by atoms with Gasteiger partial charge in [-0.05, 0) is 53.5 Å². The van der Waals surface area contributed by atoms with E-state index < -0.39 is 0 Å². The number of fused-ring (bicyclic) bond motifs is 1. The first-order valence-electron chi connectivity index (χ1n) is 5.35. The van der Waals surface area contributed by atoms with Crippen LogP contribution in [0.15, 0.2) is 28.9 Å². The summed E-state index contributed by atoms with van der Waals surface area (Å²) in [5.41, 5.74) is 2.44. The van der Waals surface area contributed by atoms with E-state index in [9.17, 15) is 4.79 Å². The number of aryl methyl sites for hydroxylation is 1. The molecule has 0 N–H and O–H groups in total. The number of hydrogen-bond acceptors (Lipinski definition) is 3. The summed E-state index contributed by atoms with van der Waals surface area (Å²) in [7, 11) is 0. The van der Waals surface area contributed by atoms with E-state index in [1.807, 2.05) is 13.0 Å². The number of aromatic nitrogens is 1. The number of hydrogen-bond donors (Lipinski definition) is 0. The van der Waals surface area contributed by atoms with Gasteiger partial charge in [-0.15, -0.1) is 0 Å². The maximum Gasteiger partial charge on any atom is 0.338 e. The van der Waals surface area contributed by atoms with E-state index in [1.54, 1.807) is 25.3 Å². The number of carbonyl (C=O) groups is 1. The molecule has 0 fully saturated rings. The van der Waals surface area contributed by atoms with E-state index in [4.69, 9.17) is 4.74 Å². The van der Waals surface area contributed by atoms with E-state index in [2.05, 4.69) is 20.9 Å². The fourth-order valence-electron chi connectivity index (χ4n) is 1.74. The summed E-state index contributed by atoms with van der Waals surface area (Å²) in [6, 6.07) is 5.55. The van der Waals surface area contributed by atoms with Gasteiger partial charge in [0.2, 0.25) is 0 Å². The second kappa shape index (κ2) is 4.84. The van der Waals surface area contributed by atoms with Gasteiger partial charge < -0.3 is 4.74 Å². The molecule has 2 aromatic rings. The van der Waals surface area contributed by atoms with Crippen molar-refractivity contribution in [3.8, 4) is 0 Å². The third-order valence-electron chi connectivity index (χ3n) is 2.45. The van der Waals surface area contributed by atoms with Crippen LogP contribution in [0.1, 0.15) is 22.8 Å². The lowest BCUT2D eigenvalue weighted by atomic mass is 10.1. The number of halogens is 1. The fraction of sp³-hybridized carbons (Fsp3) is 0.231. The summed E-state index contributed by atoms with van der Waals surface area (Å²) in [5.74, 6) is -0.294. The summed E-state index contributed by atoms with van der Waals surface area (Å²) >= 11 is 3.37. The first kappa shape index (κ1) is 12.0. The molecule has 0 radical (unpaired) electrons. The Hall–Kier alpha value is -1.42. The van der Waals surface area contributed by atoms with Crippen LogP contribution in [-0.2, 0) is 4.74 Å². The molecule has 0 saturated heterocycles. The van der Waals surface area contributed by atoms with Gasteiger partial charge in [-0.1, -0.05) is 0 Å². The number of carbonyl (C=O) groups excluding carboxylic acids is 1. The molecule has 0 spiro atoms. The molecule has 2 rings (SSSR count). The maximum absolute atomic E-state index is 11.7. The number of rotatable bonds is 2. The molecule has 88 valence electrons. The van der Waals surface area contributed by atoms with Gasteiger partial charge >= 0.3 is 5.97 Å². The molecule has 3 nitrogen and oxygen atoms in total. The first-order chi connectivity index (χ1) is 8.11. The lowest BCUT2D eigenvalue weighted by molar-refractivity contribution is 0.0526. The van der Waals surface area contributed by atoms with Crippen molar-refractivity contribution in [2.24, 2.45) is 0 Å². The minimum atomic E-state index is -0.294. The molecular weight excluding hydrogens is 282 g/mol. The number of pyridine rings is 1. The predicted octanol–water partition coefficient (Wildman–Crippen LogP) is 3.48. The summed E-state index contributed by atoms with van der Waals surface area (Å²) in [4.78, 5) is 16.0. The molecule has 0 aliphatic carbocycles. The van der Waals surface area contributed by atoms with Crippen molar-refractivity contribution in [1.29, 1.82) is 0 Å². The second-order valence-corrected chi connectivity index (χ2v) is 4.65.